The number of urea groups is 1. The van der Waals surface area contributed by atoms with Crippen LogP contribution in [0.3, 0.4) is 0 Å². The van der Waals surface area contributed by atoms with Gasteiger partial charge in [-0.3, -0.25) is 0 Å². The van der Waals surface area contributed by atoms with Crippen LogP contribution in [0, 0.1) is 5.21 Å². The average molecular weight is 588 g/mol. The van der Waals surface area contributed by atoms with Crippen LogP contribution in [0.5, 0.6) is 5.75 Å². The molecule has 1 unspecified atom stereocenters. The fraction of sp³-hybridized carbons (Fsp3) is 0.370. The molecule has 0 spiro atoms. The van der Waals surface area contributed by atoms with Crippen LogP contribution in [0.1, 0.15) is 18.9 Å². The number of methoxy groups -OCH3 is 1. The van der Waals surface area contributed by atoms with Gasteiger partial charge in [0.05, 0.1) is 43.5 Å². The Balaban J connectivity index is 1.27. The van der Waals surface area contributed by atoms with E-state index in [0.29, 0.717) is 40.4 Å². The largest absolute Gasteiger partial charge is 0.633 e. The van der Waals surface area contributed by atoms with Gasteiger partial charge in [-0.15, -0.1) is 0 Å². The number of alkyl carbamates (subject to hydrolysis) is 1. The summed E-state index contributed by atoms with van der Waals surface area (Å²) in [4.78, 5) is 28.9. The molecule has 1 aliphatic heterocycles. The number of carbonyl (C=O) groups excluding carboxylic acids is 2. The van der Waals surface area contributed by atoms with E-state index in [1.165, 1.54) is 13.5 Å². The summed E-state index contributed by atoms with van der Waals surface area (Å²) in [7, 11) is -1.66. The van der Waals surface area contributed by atoms with Crippen LogP contribution in [0.15, 0.2) is 59.5 Å². The minimum absolute atomic E-state index is 0.00259. The zero-order valence-corrected chi connectivity index (χ0v) is 23.6. The van der Waals surface area contributed by atoms with Gasteiger partial charge >= 0.3 is 12.1 Å². The third-order valence-electron chi connectivity index (χ3n) is 6.66. The van der Waals surface area contributed by atoms with Crippen molar-refractivity contribution in [2.24, 2.45) is 0 Å². The van der Waals surface area contributed by atoms with Crippen LogP contribution in [0.2, 0.25) is 0 Å². The summed E-state index contributed by atoms with van der Waals surface area (Å²) in [6, 6.07) is 11.6. The maximum Gasteiger partial charge on any atom is 0.407 e. The Bertz CT molecular complexity index is 1450. The van der Waals surface area contributed by atoms with Crippen LogP contribution in [0.25, 0.3) is 11.3 Å². The summed E-state index contributed by atoms with van der Waals surface area (Å²) in [6.07, 6.45) is 1.97. The van der Waals surface area contributed by atoms with Gasteiger partial charge in [0.1, 0.15) is 12.3 Å². The molecular weight excluding hydrogens is 554 g/mol. The van der Waals surface area contributed by atoms with Gasteiger partial charge in [0.2, 0.25) is 0 Å². The van der Waals surface area contributed by atoms with Crippen molar-refractivity contribution in [3.05, 3.63) is 65.8 Å². The molecule has 0 radical (unpaired) electrons. The van der Waals surface area contributed by atoms with Gasteiger partial charge < -0.3 is 39.7 Å². The van der Waals surface area contributed by atoms with Crippen molar-refractivity contribution in [2.45, 2.75) is 26.0 Å². The number of hydroxylamine groups is 3. The van der Waals surface area contributed by atoms with Gasteiger partial charge in [-0.1, -0.05) is 19.1 Å². The molecular formula is C27H33N5O8S. The molecule has 220 valence electrons. The van der Waals surface area contributed by atoms with E-state index in [1.807, 2.05) is 0 Å². The van der Waals surface area contributed by atoms with Crippen molar-refractivity contribution in [1.29, 1.82) is 0 Å². The molecule has 2 aromatic carbocycles. The number of nitrogens with one attached hydrogen (secondary N) is 3. The van der Waals surface area contributed by atoms with Crippen molar-refractivity contribution in [2.75, 3.05) is 48.9 Å². The Labute approximate surface area is 237 Å². The molecule has 0 aliphatic carbocycles. The van der Waals surface area contributed by atoms with E-state index in [4.69, 9.17) is 13.9 Å². The number of carbonyl (C=O) groups is 2. The predicted molar refractivity (Wildman–Crippen MR) is 152 cm³/mol. The van der Waals surface area contributed by atoms with Crippen LogP contribution >= 0.6 is 0 Å². The van der Waals surface area contributed by atoms with Gasteiger partial charge in [0, 0.05) is 24.0 Å². The maximum atomic E-state index is 12.9. The summed E-state index contributed by atoms with van der Waals surface area (Å²) in [5, 5.41) is 21.0. The van der Waals surface area contributed by atoms with E-state index < -0.39 is 32.7 Å². The number of oxazole rings is 1. The monoisotopic (exact) mass is 587 g/mol. The van der Waals surface area contributed by atoms with Gasteiger partial charge in [-0.05, 0) is 36.2 Å². The van der Waals surface area contributed by atoms with E-state index in [-0.39, 0.29) is 37.7 Å². The molecule has 3 N–H and O–H groups in total. The molecule has 3 aromatic rings. The number of sulfone groups is 1. The highest BCUT2D eigenvalue weighted by atomic mass is 32.2. The van der Waals surface area contributed by atoms with Crippen molar-refractivity contribution < 1.29 is 36.5 Å². The molecule has 1 aromatic heterocycles. The van der Waals surface area contributed by atoms with Gasteiger partial charge in [-0.2, -0.15) is 0 Å². The summed E-state index contributed by atoms with van der Waals surface area (Å²) in [5.41, 5.74) is 2.40. The first kappa shape index (κ1) is 29.8. The van der Waals surface area contributed by atoms with E-state index >= 15 is 0 Å². The number of amides is 3. The molecule has 1 aliphatic rings. The Kier molecular flexibility index (Phi) is 9.47. The first-order valence-electron chi connectivity index (χ1n) is 13.0. The van der Waals surface area contributed by atoms with Crippen molar-refractivity contribution in [3.8, 4) is 17.1 Å². The predicted octanol–water partition coefficient (Wildman–Crippen LogP) is 3.74. The summed E-state index contributed by atoms with van der Waals surface area (Å²) in [6.45, 7) is 1.84. The maximum absolute atomic E-state index is 12.9. The number of anilines is 2. The van der Waals surface area contributed by atoms with Crippen molar-refractivity contribution >= 4 is 33.3 Å². The molecule has 1 fully saturated rings. The van der Waals surface area contributed by atoms with Crippen LogP contribution < -0.4 is 20.7 Å². The minimum Gasteiger partial charge on any atom is -0.633 e. The van der Waals surface area contributed by atoms with Gasteiger partial charge in [0.15, 0.2) is 28.1 Å². The molecule has 2 heterocycles. The number of rotatable bonds is 10. The fourth-order valence-corrected chi connectivity index (χ4v) is 5.80. The standard InChI is InChI=1S/C27H33N5O8S/c1-3-22(17-32(35)9-11-41(36,37)12-10-32)40-27(34)29-15-19-5-4-6-20(13-19)30-26(33)31-21-7-8-23(24(14-21)38-2)25-16-28-18-39-25/h4-8,13-14,16,18,22H,3,9-12,15,17H2,1-2H3,(H,29,34)(H2,30,31,33). The molecule has 14 heteroatoms. The molecule has 0 bridgehead atoms. The van der Waals surface area contributed by atoms with E-state index in [1.54, 1.807) is 55.6 Å². The minimum atomic E-state index is -3.17. The Morgan fingerprint density at radius 3 is 2.51 bits per heavy atom. The summed E-state index contributed by atoms with van der Waals surface area (Å²) < 4.78 is 38.8. The molecule has 13 nitrogen and oxygen atoms in total. The smallest absolute Gasteiger partial charge is 0.407 e. The first-order valence-corrected chi connectivity index (χ1v) is 14.9. The normalized spacial score (nSPS) is 16.3. The van der Waals surface area contributed by atoms with Gasteiger partial charge in [0.25, 0.3) is 0 Å². The second-order valence-electron chi connectivity index (χ2n) is 9.69. The highest BCUT2D eigenvalue weighted by Gasteiger charge is 2.32. The lowest BCUT2D eigenvalue weighted by atomic mass is 10.1. The average Bonchev–Trinajstić information content (AvgIpc) is 3.48. The SMILES string of the molecule is CCC(C[N+]1([O-])CCS(=O)(=O)CC1)OC(=O)NCc1cccc(NC(=O)Nc2ccc(-c3cnco3)c(OC)c2)c1. The second-order valence-corrected chi connectivity index (χ2v) is 12.0. The Morgan fingerprint density at radius 1 is 1.12 bits per heavy atom. The third kappa shape index (κ3) is 8.42. The Morgan fingerprint density at radius 2 is 1.85 bits per heavy atom. The molecule has 1 atom stereocenters. The van der Waals surface area contributed by atoms with E-state index in [0.717, 1.165) is 0 Å². The second kappa shape index (κ2) is 13.0. The molecule has 0 saturated carbocycles. The number of nitrogens with zero attached hydrogens (tertiary/aromatic N) is 2. The Hall–Kier alpha value is -4.14. The topological polar surface area (TPSA) is 172 Å². The number of aromatic nitrogens is 1. The zero-order chi connectivity index (χ0) is 29.5. The van der Waals surface area contributed by atoms with Crippen LogP contribution in [-0.4, -0.2) is 74.5 Å². The lowest BCUT2D eigenvalue weighted by molar-refractivity contribution is -0.880. The lowest BCUT2D eigenvalue weighted by Crippen LogP contribution is -2.56. The summed E-state index contributed by atoms with van der Waals surface area (Å²) in [5.74, 6) is 0.714. The molecule has 3 amide bonds. The van der Waals surface area contributed by atoms with Crippen molar-refractivity contribution in [1.82, 2.24) is 10.3 Å². The quantitative estimate of drug-likeness (QED) is 0.236. The van der Waals surface area contributed by atoms with Crippen molar-refractivity contribution in [3.63, 3.8) is 0 Å². The molecule has 41 heavy (non-hydrogen) atoms. The van der Waals surface area contributed by atoms with Crippen LogP contribution in [0.4, 0.5) is 21.0 Å². The zero-order valence-electron chi connectivity index (χ0n) is 22.8. The highest BCUT2D eigenvalue weighted by Crippen LogP contribution is 2.32. The first-order chi connectivity index (χ1) is 19.6. The van der Waals surface area contributed by atoms with Gasteiger partial charge in [-0.25, -0.2) is 23.0 Å². The third-order valence-corrected chi connectivity index (χ3v) is 8.27. The van der Waals surface area contributed by atoms with E-state index in [9.17, 15) is 23.2 Å². The number of benzene rings is 2. The summed E-state index contributed by atoms with van der Waals surface area (Å²) >= 11 is 0. The number of hydrogen-bond acceptors (Lipinski definition) is 9. The fourth-order valence-electron chi connectivity index (χ4n) is 4.37. The van der Waals surface area contributed by atoms with E-state index in [2.05, 4.69) is 20.9 Å². The number of hydrogen-bond donors (Lipinski definition) is 3. The highest BCUT2D eigenvalue weighted by molar-refractivity contribution is 7.91. The lowest BCUT2D eigenvalue weighted by Gasteiger charge is -2.46. The molecule has 4 rings (SSSR count). The number of quaternary nitrogens is 1. The molecule has 1 saturated heterocycles. The number of ether oxygens (including phenoxy) is 2. The van der Waals surface area contributed by atoms with Crippen LogP contribution in [-0.2, 0) is 21.1 Å².